The van der Waals surface area contributed by atoms with Crippen LogP contribution >= 0.6 is 11.8 Å². The molecule has 0 aromatic heterocycles. The second-order valence-corrected chi connectivity index (χ2v) is 20.4. The van der Waals surface area contributed by atoms with E-state index in [0.717, 1.165) is 33.0 Å². The molecule has 376 valence electrons. The Morgan fingerprint density at radius 2 is 1.66 bits per heavy atom. The molecular formula is C57H56N4O11S. The van der Waals surface area contributed by atoms with E-state index in [-0.39, 0.29) is 50.9 Å². The zero-order valence-corrected chi connectivity index (χ0v) is 42.5. The van der Waals surface area contributed by atoms with Crippen LogP contribution in [-0.2, 0) is 32.7 Å². The Morgan fingerprint density at radius 1 is 0.890 bits per heavy atom. The summed E-state index contributed by atoms with van der Waals surface area (Å²) in [6.07, 6.45) is 4.23. The number of piperazine rings is 1. The summed E-state index contributed by atoms with van der Waals surface area (Å²) in [7, 11) is 5.21. The van der Waals surface area contributed by atoms with Crippen LogP contribution in [0, 0.1) is 25.2 Å². The van der Waals surface area contributed by atoms with E-state index >= 15 is 9.59 Å². The Balaban J connectivity index is 1.19. The standard InChI is InChI=1S/C57H56N4O11S/c1-9-19-67-43-24-35-17-18-60(55(63)36-16-15-33-13-11-12-14-34(33)22-36)57(38(35)25-42(43)65-7)28-73-54-46-45(53-51(70-29-71-53)31(4)50(46)72-32(5)62)41(27-69-56(57)64)61-40(26-58)39-23-37-21-30(3)49(66-8)52(68-20-10-2)44(37)47(48(54)61)59(39)6/h9-16,21-22,24-25,39-41,47-48,54H,1-2,17-20,23,27-29H2,3-8H3/t39-,40-,41-,47-,48+,54+,57+/m0/s1. The highest BCUT2D eigenvalue weighted by molar-refractivity contribution is 7.99. The maximum atomic E-state index is 16.1. The minimum absolute atomic E-state index is 0.0543. The van der Waals surface area contributed by atoms with E-state index in [1.54, 1.807) is 36.3 Å². The highest BCUT2D eigenvalue weighted by Gasteiger charge is 2.63. The first-order chi connectivity index (χ1) is 35.4. The molecule has 12 rings (SSSR count). The van der Waals surface area contributed by atoms with E-state index < -0.39 is 46.9 Å². The number of thioether (sulfide) groups is 1. The van der Waals surface area contributed by atoms with Crippen LogP contribution in [0.5, 0.6) is 40.2 Å². The SMILES string of the molecule is C=CCOc1cc2c(cc1OC)[C@@]1(CS[C@@H]3c4c(OC(C)=O)c(C)c5c(c4[C@H](COC1=O)N1[C@@H]3[C@@H]3c4c(cc(C)c(OC)c4OCC=C)C[C@@H]([C@@H]1C#N)N3C)OCO5)N(C(=O)c1ccc3ccccc3c1)CC2. The zero-order valence-electron chi connectivity index (χ0n) is 41.7. The third-order valence-corrected chi connectivity index (χ3v) is 17.0. The van der Waals surface area contributed by atoms with Gasteiger partial charge in [0.15, 0.2) is 40.0 Å². The van der Waals surface area contributed by atoms with Gasteiger partial charge >= 0.3 is 11.9 Å². The maximum Gasteiger partial charge on any atom is 0.337 e. The van der Waals surface area contributed by atoms with Crippen LogP contribution in [0.15, 0.2) is 86.0 Å². The fourth-order valence-corrected chi connectivity index (χ4v) is 14.3. The molecule has 15 nitrogen and oxygen atoms in total. The molecule has 0 N–H and O–H groups in total. The number of methoxy groups -OCH3 is 2. The van der Waals surface area contributed by atoms with Gasteiger partial charge in [-0.1, -0.05) is 61.7 Å². The Bertz CT molecular complexity index is 3210. The van der Waals surface area contributed by atoms with Gasteiger partial charge in [0.05, 0.1) is 37.6 Å². The number of carbonyl (C=O) groups is 3. The minimum atomic E-state index is -1.78. The fraction of sp³-hybridized carbons (Fsp3) is 0.368. The first-order valence-electron chi connectivity index (χ1n) is 24.4. The molecule has 7 aliphatic rings. The first kappa shape index (κ1) is 48.1. The summed E-state index contributed by atoms with van der Waals surface area (Å²) in [6.45, 7) is 13.2. The van der Waals surface area contributed by atoms with E-state index in [1.807, 2.05) is 63.4 Å². The maximum absolute atomic E-state index is 16.1. The van der Waals surface area contributed by atoms with Crippen LogP contribution < -0.4 is 33.2 Å². The quantitative estimate of drug-likeness (QED) is 0.0745. The van der Waals surface area contributed by atoms with Crippen molar-refractivity contribution in [3.63, 3.8) is 0 Å². The summed E-state index contributed by atoms with van der Waals surface area (Å²) in [5, 5.41) is 12.7. The van der Waals surface area contributed by atoms with Crippen molar-refractivity contribution in [2.75, 3.05) is 60.2 Å². The molecule has 7 atom stereocenters. The van der Waals surface area contributed by atoms with Crippen LogP contribution in [0.2, 0.25) is 0 Å². The van der Waals surface area contributed by atoms with Crippen molar-refractivity contribution < 1.29 is 52.3 Å². The number of carbonyl (C=O) groups excluding carboxylic acids is 3. The molecule has 1 amide bonds. The topological polar surface area (TPSA) is 159 Å². The number of nitrogens with zero attached hydrogens (tertiary/aromatic N) is 4. The van der Waals surface area contributed by atoms with Crippen molar-refractivity contribution in [3.8, 4) is 46.3 Å². The first-order valence-corrected chi connectivity index (χ1v) is 25.5. The third kappa shape index (κ3) is 7.33. The van der Waals surface area contributed by atoms with E-state index in [2.05, 4.69) is 35.1 Å². The number of esters is 2. The van der Waals surface area contributed by atoms with Gasteiger partial charge in [-0.3, -0.25) is 19.4 Å². The molecule has 2 saturated heterocycles. The van der Waals surface area contributed by atoms with Crippen LogP contribution in [0.3, 0.4) is 0 Å². The monoisotopic (exact) mass is 1000 g/mol. The molecule has 1 spiro atoms. The third-order valence-electron chi connectivity index (χ3n) is 15.6. The second kappa shape index (κ2) is 18.7. The number of likely N-dealkylation sites (N-methyl/N-ethyl adjacent to an activating group) is 1. The molecular weight excluding hydrogens is 949 g/mol. The summed E-state index contributed by atoms with van der Waals surface area (Å²) >= 11 is 1.44. The van der Waals surface area contributed by atoms with Crippen molar-refractivity contribution in [3.05, 3.63) is 136 Å². The summed E-state index contributed by atoms with van der Waals surface area (Å²) in [6, 6.07) is 18.9. The highest BCUT2D eigenvalue weighted by atomic mass is 32.2. The molecule has 0 radical (unpaired) electrons. The summed E-state index contributed by atoms with van der Waals surface area (Å²) in [5.74, 6) is 1.51. The van der Waals surface area contributed by atoms with Crippen LogP contribution in [0.25, 0.3) is 10.8 Å². The largest absolute Gasteiger partial charge is 0.493 e. The molecule has 73 heavy (non-hydrogen) atoms. The lowest BCUT2D eigenvalue weighted by Gasteiger charge is -2.62. The zero-order chi connectivity index (χ0) is 51.0. The number of rotatable bonds is 10. The molecule has 2 fully saturated rings. The van der Waals surface area contributed by atoms with Crippen molar-refractivity contribution in [1.29, 1.82) is 5.26 Å². The van der Waals surface area contributed by atoms with Gasteiger partial charge in [0.1, 0.15) is 31.6 Å². The van der Waals surface area contributed by atoms with Gasteiger partial charge < -0.3 is 42.8 Å². The van der Waals surface area contributed by atoms with Gasteiger partial charge in [-0.25, -0.2) is 4.79 Å². The molecule has 0 saturated carbocycles. The van der Waals surface area contributed by atoms with E-state index in [9.17, 15) is 10.1 Å². The van der Waals surface area contributed by atoms with Crippen LogP contribution in [0.4, 0.5) is 0 Å². The van der Waals surface area contributed by atoms with Crippen molar-refractivity contribution in [1.82, 2.24) is 14.7 Å². The van der Waals surface area contributed by atoms with E-state index in [1.165, 1.54) is 25.8 Å². The van der Waals surface area contributed by atoms with Gasteiger partial charge in [-0.15, -0.1) is 11.8 Å². The lowest BCUT2D eigenvalue weighted by atomic mass is 9.71. The molecule has 7 heterocycles. The lowest BCUT2D eigenvalue weighted by Crippen LogP contribution is -2.69. The number of fused-ring (bicyclic) bond motifs is 10. The molecule has 16 heteroatoms. The van der Waals surface area contributed by atoms with Gasteiger partial charge in [0.2, 0.25) is 6.79 Å². The summed E-state index contributed by atoms with van der Waals surface area (Å²) < 4.78 is 50.6. The molecule has 4 bridgehead atoms. The molecule has 0 aliphatic carbocycles. The van der Waals surface area contributed by atoms with E-state index in [4.69, 9.17) is 37.9 Å². The van der Waals surface area contributed by atoms with Gasteiger partial charge in [0.25, 0.3) is 5.91 Å². The Kier molecular flexibility index (Phi) is 12.3. The Morgan fingerprint density at radius 3 is 2.40 bits per heavy atom. The van der Waals surface area contributed by atoms with Gasteiger partial charge in [-0.2, -0.15) is 5.26 Å². The average Bonchev–Trinajstić information content (AvgIpc) is 3.89. The predicted molar refractivity (Wildman–Crippen MR) is 273 cm³/mol. The number of benzene rings is 5. The van der Waals surface area contributed by atoms with Gasteiger partial charge in [0, 0.05) is 59.1 Å². The molecule has 7 aliphatic heterocycles. The second-order valence-electron chi connectivity index (χ2n) is 19.3. The number of amides is 1. The van der Waals surface area contributed by atoms with Crippen molar-refractivity contribution in [2.24, 2.45) is 0 Å². The highest BCUT2D eigenvalue weighted by Crippen LogP contribution is 2.65. The number of hydrogen-bond donors (Lipinski definition) is 0. The summed E-state index contributed by atoms with van der Waals surface area (Å²) in [4.78, 5) is 51.2. The van der Waals surface area contributed by atoms with Crippen molar-refractivity contribution >= 4 is 40.4 Å². The molecule has 0 unspecified atom stereocenters. The number of ether oxygens (including phenoxy) is 8. The average molecular weight is 1010 g/mol. The van der Waals surface area contributed by atoms with Crippen LogP contribution in [-0.4, -0.2) is 111 Å². The van der Waals surface area contributed by atoms with E-state index in [0.29, 0.717) is 80.9 Å². The minimum Gasteiger partial charge on any atom is -0.493 e. The number of nitriles is 1. The fourth-order valence-electron chi connectivity index (χ4n) is 12.6. The smallest absolute Gasteiger partial charge is 0.337 e. The number of aryl methyl sites for hydroxylation is 1. The van der Waals surface area contributed by atoms with Crippen molar-refractivity contribution in [2.45, 2.75) is 74.6 Å². The van der Waals surface area contributed by atoms with Crippen LogP contribution in [0.1, 0.15) is 79.1 Å². The number of hydrogen-bond acceptors (Lipinski definition) is 15. The molecule has 5 aromatic rings. The molecule has 5 aromatic carbocycles. The predicted octanol–water partition coefficient (Wildman–Crippen LogP) is 8.41. The van der Waals surface area contributed by atoms with Gasteiger partial charge in [-0.05, 0) is 91.0 Å². The normalized spacial score (nSPS) is 24.5. The Labute approximate surface area is 428 Å². The lowest BCUT2D eigenvalue weighted by molar-refractivity contribution is -0.162. The Hall–Kier alpha value is -7.19. The summed E-state index contributed by atoms with van der Waals surface area (Å²) in [5.41, 5.74) is 4.55.